The van der Waals surface area contributed by atoms with Crippen LogP contribution < -0.4 is 20.7 Å². The zero-order chi connectivity index (χ0) is 11.7. The Morgan fingerprint density at radius 3 is 2.31 bits per heavy atom. The molecule has 0 atom stereocenters. The summed E-state index contributed by atoms with van der Waals surface area (Å²) in [6, 6.07) is 0. The molecule has 0 saturated carbocycles. The topological polar surface area (TPSA) is 62.5 Å². The number of hydrogen-bond acceptors (Lipinski definition) is 4. The molecule has 0 amide bonds. The van der Waals surface area contributed by atoms with Crippen LogP contribution in [0.25, 0.3) is 0 Å². The fourth-order valence-electron chi connectivity index (χ4n) is 1.63. The quantitative estimate of drug-likeness (QED) is 0.606. The lowest BCUT2D eigenvalue weighted by Gasteiger charge is -2.18. The van der Waals surface area contributed by atoms with Gasteiger partial charge < -0.3 is 9.47 Å². The van der Waals surface area contributed by atoms with Crippen molar-refractivity contribution in [2.45, 2.75) is 12.8 Å². The molecule has 1 aliphatic rings. The molecule has 0 aromatic carbocycles. The van der Waals surface area contributed by atoms with E-state index < -0.39 is 11.2 Å². The predicted molar refractivity (Wildman–Crippen MR) is 57.1 cm³/mol. The molecule has 88 valence electrons. The molecule has 0 unspecified atom stereocenters. The normalized spacial score (nSPS) is 15.4. The van der Waals surface area contributed by atoms with E-state index in [0.29, 0.717) is 13.2 Å². The Balaban J connectivity index is 2.68. The van der Waals surface area contributed by atoms with Crippen LogP contribution in [0, 0.1) is 0 Å². The lowest BCUT2D eigenvalue weighted by atomic mass is 10.3. The van der Waals surface area contributed by atoms with Gasteiger partial charge in [0, 0.05) is 14.1 Å². The van der Waals surface area contributed by atoms with Crippen LogP contribution in [0.15, 0.2) is 9.59 Å². The Labute approximate surface area is 92.0 Å². The smallest absolute Gasteiger partial charge is 0.333 e. The van der Waals surface area contributed by atoms with Crippen LogP contribution in [-0.2, 0) is 14.1 Å². The van der Waals surface area contributed by atoms with Gasteiger partial charge >= 0.3 is 11.2 Å². The van der Waals surface area contributed by atoms with Crippen molar-refractivity contribution >= 4 is 0 Å². The van der Waals surface area contributed by atoms with E-state index in [1.165, 1.54) is 11.6 Å². The van der Waals surface area contributed by atoms with Gasteiger partial charge in [0.1, 0.15) is 0 Å². The van der Waals surface area contributed by atoms with Gasteiger partial charge in [-0.1, -0.05) is 0 Å². The molecule has 1 aliphatic heterocycles. The first kappa shape index (κ1) is 10.8. The maximum atomic E-state index is 11.8. The first-order chi connectivity index (χ1) is 7.63. The lowest BCUT2D eigenvalue weighted by molar-refractivity contribution is 0.202. The lowest BCUT2D eigenvalue weighted by Crippen LogP contribution is -2.38. The van der Waals surface area contributed by atoms with Crippen molar-refractivity contribution in [3.05, 3.63) is 20.8 Å². The van der Waals surface area contributed by atoms with Gasteiger partial charge in [-0.15, -0.1) is 0 Å². The first-order valence-electron chi connectivity index (χ1n) is 5.18. The molecule has 0 bridgehead atoms. The molecule has 0 N–H and O–H groups in total. The Morgan fingerprint density at radius 2 is 1.62 bits per heavy atom. The molecule has 6 heteroatoms. The monoisotopic (exact) mass is 226 g/mol. The zero-order valence-corrected chi connectivity index (χ0v) is 9.36. The maximum absolute atomic E-state index is 11.8. The number of nitrogens with zero attached hydrogens (tertiary/aromatic N) is 2. The molecule has 1 aromatic heterocycles. The molecule has 0 radical (unpaired) electrons. The highest BCUT2D eigenvalue weighted by Gasteiger charge is 2.19. The van der Waals surface area contributed by atoms with Crippen LogP contribution in [0.3, 0.4) is 0 Å². The van der Waals surface area contributed by atoms with Gasteiger partial charge in [-0.05, 0) is 12.8 Å². The Hall–Kier alpha value is -1.72. The summed E-state index contributed by atoms with van der Waals surface area (Å²) in [5, 5.41) is 0. The van der Waals surface area contributed by atoms with Crippen molar-refractivity contribution in [3.63, 3.8) is 0 Å². The van der Waals surface area contributed by atoms with E-state index in [-0.39, 0.29) is 11.6 Å². The van der Waals surface area contributed by atoms with Crippen molar-refractivity contribution < 1.29 is 9.47 Å². The minimum atomic E-state index is -0.444. The predicted octanol–water partition coefficient (Wildman–Crippen LogP) is -0.365. The minimum absolute atomic E-state index is 0.129. The number of fused-ring (bicyclic) bond motifs is 1. The summed E-state index contributed by atoms with van der Waals surface area (Å²) in [5.74, 6) is 0.358. The highest BCUT2D eigenvalue weighted by molar-refractivity contribution is 5.31. The van der Waals surface area contributed by atoms with Crippen LogP contribution in [-0.4, -0.2) is 22.3 Å². The molecule has 0 fully saturated rings. The van der Waals surface area contributed by atoms with Gasteiger partial charge in [-0.3, -0.25) is 13.9 Å². The highest BCUT2D eigenvalue weighted by Crippen LogP contribution is 2.22. The summed E-state index contributed by atoms with van der Waals surface area (Å²) in [6.45, 7) is 0.973. The van der Waals surface area contributed by atoms with Crippen molar-refractivity contribution in [1.82, 2.24) is 9.13 Å². The van der Waals surface area contributed by atoms with E-state index >= 15 is 0 Å². The van der Waals surface area contributed by atoms with Gasteiger partial charge in [0.2, 0.25) is 11.6 Å². The SMILES string of the molecule is Cn1c2c(c(=O)n(C)c1=O)OCCCCO2. The molecule has 0 saturated heterocycles. The average molecular weight is 226 g/mol. The van der Waals surface area contributed by atoms with Crippen LogP contribution in [0.1, 0.15) is 12.8 Å². The van der Waals surface area contributed by atoms with Crippen molar-refractivity contribution in [2.24, 2.45) is 14.1 Å². The van der Waals surface area contributed by atoms with Crippen molar-refractivity contribution in [2.75, 3.05) is 13.2 Å². The van der Waals surface area contributed by atoms with Gasteiger partial charge in [-0.2, -0.15) is 0 Å². The van der Waals surface area contributed by atoms with Crippen LogP contribution in [0.2, 0.25) is 0 Å². The van der Waals surface area contributed by atoms with E-state index in [2.05, 4.69) is 0 Å². The number of hydrogen-bond donors (Lipinski definition) is 0. The maximum Gasteiger partial charge on any atom is 0.333 e. The molecular formula is C10H14N2O4. The summed E-state index contributed by atoms with van der Waals surface area (Å²) in [5.41, 5.74) is -0.854. The third-order valence-corrected chi connectivity index (χ3v) is 2.60. The summed E-state index contributed by atoms with van der Waals surface area (Å²) in [7, 11) is 2.98. The molecule has 1 aromatic rings. The first-order valence-corrected chi connectivity index (χ1v) is 5.18. The van der Waals surface area contributed by atoms with Crippen LogP contribution in [0.4, 0.5) is 0 Å². The highest BCUT2D eigenvalue weighted by atomic mass is 16.5. The molecule has 2 rings (SSSR count). The molecule has 0 spiro atoms. The number of aromatic nitrogens is 2. The summed E-state index contributed by atoms with van der Waals surface area (Å²) < 4.78 is 13.1. The van der Waals surface area contributed by atoms with E-state index in [9.17, 15) is 9.59 Å². The molecular weight excluding hydrogens is 212 g/mol. The summed E-state index contributed by atoms with van der Waals surface area (Å²) in [4.78, 5) is 23.4. The fraction of sp³-hybridized carbons (Fsp3) is 0.600. The number of ether oxygens (including phenoxy) is 2. The van der Waals surface area contributed by atoms with Crippen molar-refractivity contribution in [1.29, 1.82) is 0 Å². The standard InChI is InChI=1S/C10H14N2O4/c1-11-8(13)7-9(12(2)10(11)14)16-6-4-3-5-15-7/h3-6H2,1-2H3. The van der Waals surface area contributed by atoms with Crippen molar-refractivity contribution in [3.8, 4) is 11.6 Å². The molecule has 0 aliphatic carbocycles. The third-order valence-electron chi connectivity index (χ3n) is 2.60. The minimum Gasteiger partial charge on any atom is -0.484 e. The Morgan fingerprint density at radius 1 is 1.00 bits per heavy atom. The van der Waals surface area contributed by atoms with E-state index in [4.69, 9.17) is 9.47 Å². The summed E-state index contributed by atoms with van der Waals surface area (Å²) >= 11 is 0. The second-order valence-electron chi connectivity index (χ2n) is 3.74. The Bertz CT molecular complexity index is 515. The van der Waals surface area contributed by atoms with Gasteiger partial charge in [-0.25, -0.2) is 4.79 Å². The van der Waals surface area contributed by atoms with Gasteiger partial charge in [0.05, 0.1) is 13.2 Å². The second-order valence-corrected chi connectivity index (χ2v) is 3.74. The van der Waals surface area contributed by atoms with E-state index in [1.807, 2.05) is 0 Å². The van der Waals surface area contributed by atoms with Crippen LogP contribution in [0.5, 0.6) is 11.6 Å². The zero-order valence-electron chi connectivity index (χ0n) is 9.36. The van der Waals surface area contributed by atoms with E-state index in [1.54, 1.807) is 7.05 Å². The molecule has 2 heterocycles. The van der Waals surface area contributed by atoms with E-state index in [0.717, 1.165) is 17.4 Å². The fourth-order valence-corrected chi connectivity index (χ4v) is 1.63. The average Bonchev–Trinajstić information content (AvgIpc) is 2.24. The van der Waals surface area contributed by atoms with Gasteiger partial charge in [0.25, 0.3) is 0 Å². The summed E-state index contributed by atoms with van der Waals surface area (Å²) in [6.07, 6.45) is 1.69. The molecule has 6 nitrogen and oxygen atoms in total. The van der Waals surface area contributed by atoms with Crippen LogP contribution >= 0.6 is 0 Å². The third kappa shape index (κ3) is 1.60. The van der Waals surface area contributed by atoms with Gasteiger partial charge in [0.15, 0.2) is 0 Å². The largest absolute Gasteiger partial charge is 0.484 e. The Kier molecular flexibility index (Phi) is 2.72. The second kappa shape index (κ2) is 4.03. The number of rotatable bonds is 0. The molecule has 16 heavy (non-hydrogen) atoms.